The van der Waals surface area contributed by atoms with Gasteiger partial charge in [-0.2, -0.15) is 0 Å². The van der Waals surface area contributed by atoms with E-state index in [0.29, 0.717) is 24.6 Å². The third kappa shape index (κ3) is 2.49. The van der Waals surface area contributed by atoms with Crippen LogP contribution < -0.4 is 4.74 Å². The van der Waals surface area contributed by atoms with Crippen molar-refractivity contribution in [3.8, 4) is 5.75 Å². The van der Waals surface area contributed by atoms with Crippen LogP contribution in [-0.2, 0) is 11.3 Å². The predicted molar refractivity (Wildman–Crippen MR) is 81.9 cm³/mol. The van der Waals surface area contributed by atoms with Gasteiger partial charge in [0.1, 0.15) is 5.75 Å². The average molecular weight is 306 g/mol. The number of nitrogens with zero attached hydrogens (tertiary/aromatic N) is 2. The standard InChI is InChI=1S/C15H18N2O3S/c1-20-12-5-2-4-11(8-12)9-17-13(18)15(19)6-3-7-16(10-15)14(17)21/h2,4-5,8,19H,3,6-7,9-10H2,1H3. The lowest BCUT2D eigenvalue weighted by Gasteiger charge is -2.48. The fraction of sp³-hybridized carbons (Fsp3) is 0.467. The number of benzene rings is 1. The molecule has 112 valence electrons. The summed E-state index contributed by atoms with van der Waals surface area (Å²) >= 11 is 5.41. The van der Waals surface area contributed by atoms with Gasteiger partial charge in [0, 0.05) is 6.54 Å². The largest absolute Gasteiger partial charge is 0.497 e. The molecule has 1 unspecified atom stereocenters. The first-order chi connectivity index (χ1) is 10.0. The molecule has 1 aromatic rings. The van der Waals surface area contributed by atoms with Crippen LogP contribution in [0.25, 0.3) is 0 Å². The van der Waals surface area contributed by atoms with Crippen molar-refractivity contribution in [2.75, 3.05) is 20.2 Å². The second-order valence-electron chi connectivity index (χ2n) is 5.58. The monoisotopic (exact) mass is 306 g/mol. The number of carbonyl (C=O) groups is 1. The van der Waals surface area contributed by atoms with E-state index in [9.17, 15) is 9.90 Å². The number of hydrogen-bond acceptors (Lipinski definition) is 4. The van der Waals surface area contributed by atoms with Gasteiger partial charge >= 0.3 is 0 Å². The molecular weight excluding hydrogens is 288 g/mol. The van der Waals surface area contributed by atoms with Crippen LogP contribution in [0.1, 0.15) is 18.4 Å². The first-order valence-electron chi connectivity index (χ1n) is 7.00. The Kier molecular flexibility index (Phi) is 3.59. The fourth-order valence-corrected chi connectivity index (χ4v) is 3.28. The summed E-state index contributed by atoms with van der Waals surface area (Å²) in [6, 6.07) is 7.52. The number of rotatable bonds is 3. The molecule has 0 radical (unpaired) electrons. The maximum atomic E-state index is 12.6. The molecule has 21 heavy (non-hydrogen) atoms. The van der Waals surface area contributed by atoms with Crippen molar-refractivity contribution >= 4 is 23.2 Å². The van der Waals surface area contributed by atoms with Gasteiger partial charge < -0.3 is 14.7 Å². The van der Waals surface area contributed by atoms with E-state index in [1.165, 1.54) is 4.90 Å². The summed E-state index contributed by atoms with van der Waals surface area (Å²) in [7, 11) is 1.61. The first kappa shape index (κ1) is 14.3. The van der Waals surface area contributed by atoms with E-state index >= 15 is 0 Å². The van der Waals surface area contributed by atoms with Crippen LogP contribution >= 0.6 is 12.2 Å². The fourth-order valence-electron chi connectivity index (χ4n) is 2.98. The molecule has 0 aliphatic carbocycles. The lowest BCUT2D eigenvalue weighted by Crippen LogP contribution is -2.67. The average Bonchev–Trinajstić information content (AvgIpc) is 2.50. The summed E-state index contributed by atoms with van der Waals surface area (Å²) in [5.41, 5.74) is -0.366. The molecule has 2 fully saturated rings. The number of hydrogen-bond donors (Lipinski definition) is 1. The highest BCUT2D eigenvalue weighted by Gasteiger charge is 2.49. The summed E-state index contributed by atoms with van der Waals surface area (Å²) in [4.78, 5) is 16.0. The molecule has 0 saturated carbocycles. The minimum absolute atomic E-state index is 0.286. The summed E-state index contributed by atoms with van der Waals surface area (Å²) in [5.74, 6) is 0.452. The molecule has 2 aliphatic heterocycles. The maximum absolute atomic E-state index is 12.6. The van der Waals surface area contributed by atoms with Crippen molar-refractivity contribution in [2.24, 2.45) is 0 Å². The third-order valence-electron chi connectivity index (χ3n) is 4.09. The van der Waals surface area contributed by atoms with Crippen LogP contribution in [0.3, 0.4) is 0 Å². The molecule has 3 rings (SSSR count). The lowest BCUT2D eigenvalue weighted by atomic mass is 9.89. The van der Waals surface area contributed by atoms with Crippen molar-refractivity contribution in [1.29, 1.82) is 0 Å². The second kappa shape index (κ2) is 5.27. The topological polar surface area (TPSA) is 53.0 Å². The zero-order valence-corrected chi connectivity index (χ0v) is 12.7. The maximum Gasteiger partial charge on any atom is 0.262 e. The second-order valence-corrected chi connectivity index (χ2v) is 5.95. The van der Waals surface area contributed by atoms with Gasteiger partial charge in [-0.05, 0) is 42.8 Å². The molecule has 1 aromatic carbocycles. The number of ether oxygens (including phenoxy) is 1. The van der Waals surface area contributed by atoms with Crippen LogP contribution in [0.2, 0.25) is 0 Å². The molecule has 2 aliphatic rings. The van der Waals surface area contributed by atoms with Crippen molar-refractivity contribution in [3.63, 3.8) is 0 Å². The molecule has 1 amide bonds. The van der Waals surface area contributed by atoms with Crippen molar-refractivity contribution in [2.45, 2.75) is 25.0 Å². The minimum Gasteiger partial charge on any atom is -0.497 e. The molecule has 0 spiro atoms. The Balaban J connectivity index is 1.86. The molecule has 6 heteroatoms. The Bertz CT molecular complexity index is 592. The summed E-state index contributed by atoms with van der Waals surface area (Å²) in [5, 5.41) is 11.0. The van der Waals surface area contributed by atoms with Gasteiger partial charge in [-0.15, -0.1) is 0 Å². The molecule has 2 bridgehead atoms. The third-order valence-corrected chi connectivity index (χ3v) is 4.57. The van der Waals surface area contributed by atoms with E-state index in [0.717, 1.165) is 24.3 Å². The Morgan fingerprint density at radius 3 is 3.05 bits per heavy atom. The minimum atomic E-state index is -1.29. The summed E-state index contributed by atoms with van der Waals surface area (Å²) < 4.78 is 5.20. The number of piperidine rings is 1. The van der Waals surface area contributed by atoms with Crippen LogP contribution in [-0.4, -0.2) is 51.7 Å². The normalized spacial score (nSPS) is 25.2. The smallest absolute Gasteiger partial charge is 0.262 e. The van der Waals surface area contributed by atoms with Gasteiger partial charge in [-0.1, -0.05) is 12.1 Å². The van der Waals surface area contributed by atoms with Gasteiger partial charge in [0.2, 0.25) is 0 Å². The van der Waals surface area contributed by atoms with Gasteiger partial charge in [0.05, 0.1) is 20.2 Å². The highest BCUT2D eigenvalue weighted by molar-refractivity contribution is 7.80. The molecule has 2 heterocycles. The van der Waals surface area contributed by atoms with Crippen LogP contribution in [0.5, 0.6) is 5.75 Å². The van der Waals surface area contributed by atoms with Crippen LogP contribution in [0.15, 0.2) is 24.3 Å². The zero-order valence-electron chi connectivity index (χ0n) is 11.9. The van der Waals surface area contributed by atoms with E-state index in [4.69, 9.17) is 17.0 Å². The van der Waals surface area contributed by atoms with Gasteiger partial charge in [0.15, 0.2) is 10.7 Å². The van der Waals surface area contributed by atoms with E-state index < -0.39 is 5.60 Å². The Labute approximate surface area is 129 Å². The zero-order chi connectivity index (χ0) is 15.0. The van der Waals surface area contributed by atoms with Gasteiger partial charge in [-0.25, -0.2) is 0 Å². The highest BCUT2D eigenvalue weighted by atomic mass is 32.1. The number of methoxy groups -OCH3 is 1. The van der Waals surface area contributed by atoms with E-state index in [1.807, 2.05) is 29.2 Å². The number of amides is 1. The SMILES string of the molecule is COc1cccc(CN2C(=O)C3(O)CCCN(C3)C2=S)c1. The first-order valence-corrected chi connectivity index (χ1v) is 7.40. The lowest BCUT2D eigenvalue weighted by molar-refractivity contribution is -0.157. The van der Waals surface area contributed by atoms with E-state index in [1.54, 1.807) is 7.11 Å². The molecule has 0 aromatic heterocycles. The van der Waals surface area contributed by atoms with Crippen LogP contribution in [0, 0.1) is 0 Å². The Morgan fingerprint density at radius 1 is 1.48 bits per heavy atom. The van der Waals surface area contributed by atoms with Crippen molar-refractivity contribution in [3.05, 3.63) is 29.8 Å². The quantitative estimate of drug-likeness (QED) is 0.849. The molecule has 1 N–H and O–H groups in total. The predicted octanol–water partition coefficient (Wildman–Crippen LogP) is 1.15. The van der Waals surface area contributed by atoms with Crippen LogP contribution in [0.4, 0.5) is 0 Å². The van der Waals surface area contributed by atoms with Gasteiger partial charge in [-0.3, -0.25) is 9.69 Å². The van der Waals surface area contributed by atoms with E-state index in [-0.39, 0.29) is 5.91 Å². The number of carbonyl (C=O) groups excluding carboxylic acids is 1. The number of fused-ring (bicyclic) bond motifs is 2. The Hall–Kier alpha value is -1.66. The highest BCUT2D eigenvalue weighted by Crippen LogP contribution is 2.30. The number of aliphatic hydroxyl groups is 1. The molecule has 1 atom stereocenters. The summed E-state index contributed by atoms with van der Waals surface area (Å²) in [6.45, 7) is 1.47. The Morgan fingerprint density at radius 2 is 2.29 bits per heavy atom. The van der Waals surface area contributed by atoms with E-state index in [2.05, 4.69) is 0 Å². The van der Waals surface area contributed by atoms with Gasteiger partial charge in [0.25, 0.3) is 5.91 Å². The molecule has 5 nitrogen and oxygen atoms in total. The summed E-state index contributed by atoms with van der Waals surface area (Å²) in [6.07, 6.45) is 1.29. The van der Waals surface area contributed by atoms with Crippen molar-refractivity contribution in [1.82, 2.24) is 9.80 Å². The number of thiocarbonyl (C=S) groups is 1. The molecule has 2 saturated heterocycles. The molecular formula is C15H18N2O3S. The van der Waals surface area contributed by atoms with Crippen molar-refractivity contribution < 1.29 is 14.6 Å².